The molecule has 0 fully saturated rings. The van der Waals surface area contributed by atoms with E-state index in [1.807, 2.05) is 0 Å². The molecule has 24 valence electrons. The van der Waals surface area contributed by atoms with Crippen LogP contribution in [-0.2, 0) is 4.79 Å². The topological polar surface area (TPSA) is 37.3 Å². The average molecular weight is 62.1 g/mol. The number of rotatable bonds is 0. The molecule has 0 saturated carbocycles. The highest BCUT2D eigenvalue weighted by Gasteiger charge is 1.65. The summed E-state index contributed by atoms with van der Waals surface area (Å²) in [7, 11) is 0. The molecule has 0 radical (unpaired) electrons. The van der Waals surface area contributed by atoms with Crippen LogP contribution in [0.2, 0.25) is 0 Å². The molecule has 2 nitrogen and oxygen atoms in total. The first-order chi connectivity index (χ1) is 2.27. The molecule has 0 aromatic carbocycles. The minimum atomic E-state index is -1.08. The van der Waals surface area contributed by atoms with Crippen LogP contribution in [0.1, 0.15) is 8.27 Å². The van der Waals surface area contributed by atoms with Gasteiger partial charge in [-0.15, -0.1) is 0 Å². The molecule has 1 N–H and O–H groups in total. The summed E-state index contributed by atoms with van der Waals surface area (Å²) in [4.78, 5) is 9.18. The Labute approximate surface area is 25.5 Å². The second kappa shape index (κ2) is 0.875. The highest BCUT2D eigenvalue weighted by atomic mass is 16.4. The molecule has 0 aliphatic rings. The number of carboxylic acid groups (broad SMARTS) is 1. The summed E-state index contributed by atoms with van der Waals surface area (Å²) in [6.45, 7) is -0.528. The highest BCUT2D eigenvalue weighted by molar-refractivity contribution is 5.62. The Kier molecular flexibility index (Phi) is 0.385. The van der Waals surface area contributed by atoms with Gasteiger partial charge in [0.05, 0.1) is 0 Å². The number of carboxylic acids is 1. The SMILES string of the molecule is [3H]CC(=O)O. The average Bonchev–Trinajstić information content (AvgIpc) is 1.38. The minimum absolute atomic E-state index is 0.528. The summed E-state index contributed by atoms with van der Waals surface area (Å²) in [5.41, 5.74) is 0. The Balaban J connectivity index is 2.85. The van der Waals surface area contributed by atoms with Crippen LogP contribution >= 0.6 is 0 Å². The molecule has 0 bridgehead atoms. The molecular weight excluding hydrogens is 56.0 g/mol. The lowest BCUT2D eigenvalue weighted by atomic mass is 10.9. The summed E-state index contributed by atoms with van der Waals surface area (Å²) >= 11 is 0. The maximum atomic E-state index is 9.18. The van der Waals surface area contributed by atoms with E-state index in [2.05, 4.69) is 0 Å². The summed E-state index contributed by atoms with van der Waals surface area (Å²) < 4.78 is 6.06. The molecule has 0 aromatic rings. The second-order valence-electron chi connectivity index (χ2n) is 0.394. The zero-order valence-electron chi connectivity index (χ0n) is 3.06. The largest absolute Gasteiger partial charge is 0.481 e. The molecule has 0 saturated heterocycles. The van der Waals surface area contributed by atoms with Gasteiger partial charge in [0.25, 0.3) is 5.97 Å². The van der Waals surface area contributed by atoms with Crippen LogP contribution in [0.25, 0.3) is 0 Å². The molecule has 0 aliphatic carbocycles. The van der Waals surface area contributed by atoms with Crippen molar-refractivity contribution in [2.45, 2.75) is 6.90 Å². The van der Waals surface area contributed by atoms with Crippen LogP contribution in [-0.4, -0.2) is 11.1 Å². The lowest BCUT2D eigenvalue weighted by Crippen LogP contribution is -1.78. The Morgan fingerprint density at radius 3 is 2.75 bits per heavy atom. The summed E-state index contributed by atoms with van der Waals surface area (Å²) in [5.74, 6) is -1.08. The molecule has 0 spiro atoms. The third-order valence-corrected chi connectivity index (χ3v) is 0. The highest BCUT2D eigenvalue weighted by Crippen LogP contribution is 1.42. The molecule has 0 atom stereocenters. The quantitative estimate of drug-likeness (QED) is 0.431. The fourth-order valence-corrected chi connectivity index (χ4v) is 0. The van der Waals surface area contributed by atoms with Crippen LogP contribution in [0, 0.1) is 0 Å². The van der Waals surface area contributed by atoms with Crippen molar-refractivity contribution >= 4 is 5.97 Å². The first-order valence-corrected chi connectivity index (χ1v) is 0.781. The van der Waals surface area contributed by atoms with E-state index in [0.717, 1.165) is 0 Å². The van der Waals surface area contributed by atoms with E-state index < -0.39 is 12.9 Å². The summed E-state index contributed by atoms with van der Waals surface area (Å²) in [6, 6.07) is 0. The van der Waals surface area contributed by atoms with Gasteiger partial charge < -0.3 is 5.11 Å². The summed E-state index contributed by atoms with van der Waals surface area (Å²) in [5, 5.41) is 7.53. The van der Waals surface area contributed by atoms with Crippen molar-refractivity contribution in [1.82, 2.24) is 0 Å². The molecule has 2 heteroatoms. The third-order valence-electron chi connectivity index (χ3n) is 0. The molecule has 0 aromatic heterocycles. The van der Waals surface area contributed by atoms with Gasteiger partial charge in [-0.25, -0.2) is 0 Å². The van der Waals surface area contributed by atoms with Gasteiger partial charge >= 0.3 is 0 Å². The van der Waals surface area contributed by atoms with Crippen molar-refractivity contribution in [1.29, 1.82) is 0 Å². The fraction of sp³-hybridized carbons (Fsp3) is 0.500. The van der Waals surface area contributed by atoms with Gasteiger partial charge in [0, 0.05) is 8.27 Å². The smallest absolute Gasteiger partial charge is 0.300 e. The second-order valence-corrected chi connectivity index (χ2v) is 0.394. The van der Waals surface area contributed by atoms with Gasteiger partial charge in [-0.1, -0.05) is 0 Å². The maximum Gasteiger partial charge on any atom is 0.300 e. The first-order valence-electron chi connectivity index (χ1n) is 1.49. The Hall–Kier alpha value is -0.530. The minimum Gasteiger partial charge on any atom is -0.481 e. The van der Waals surface area contributed by atoms with Gasteiger partial charge in [-0.2, -0.15) is 0 Å². The van der Waals surface area contributed by atoms with Crippen molar-refractivity contribution < 1.29 is 11.3 Å². The first kappa shape index (κ1) is 1.76. The van der Waals surface area contributed by atoms with Crippen LogP contribution < -0.4 is 0 Å². The van der Waals surface area contributed by atoms with Crippen molar-refractivity contribution in [3.05, 3.63) is 0 Å². The monoisotopic (exact) mass is 62.0 g/mol. The molecule has 0 rings (SSSR count). The van der Waals surface area contributed by atoms with Crippen molar-refractivity contribution in [2.24, 2.45) is 0 Å². The Morgan fingerprint density at radius 2 is 2.75 bits per heavy atom. The number of carbonyl (C=O) groups is 1. The Morgan fingerprint density at radius 1 is 2.50 bits per heavy atom. The van der Waals surface area contributed by atoms with Gasteiger partial charge in [0.2, 0.25) is 0 Å². The van der Waals surface area contributed by atoms with Crippen molar-refractivity contribution in [2.75, 3.05) is 0 Å². The van der Waals surface area contributed by atoms with Gasteiger partial charge in [-0.05, 0) is 0 Å². The number of hydrogen-bond acceptors (Lipinski definition) is 1. The lowest BCUT2D eigenvalue weighted by Gasteiger charge is -1.59. The summed E-state index contributed by atoms with van der Waals surface area (Å²) in [6.07, 6.45) is 0. The van der Waals surface area contributed by atoms with Crippen LogP contribution in [0.5, 0.6) is 0 Å². The third kappa shape index (κ3) is 1.16. The van der Waals surface area contributed by atoms with E-state index in [4.69, 9.17) is 6.48 Å². The lowest BCUT2D eigenvalue weighted by molar-refractivity contribution is -0.134. The van der Waals surface area contributed by atoms with E-state index in [0.29, 0.717) is 0 Å². The number of aliphatic carboxylic acids is 1. The fourth-order valence-electron chi connectivity index (χ4n) is 0. The Bertz CT molecular complexity index is 42.9. The predicted molar refractivity (Wildman–Crippen MR) is 13.3 cm³/mol. The molecule has 4 heavy (non-hydrogen) atoms. The molecule has 0 unspecified atom stereocenters. The standard InChI is InChI=1S/C2H4O2/c1-2(3)4/h1H3,(H,3,4)/i1T. The van der Waals surface area contributed by atoms with Crippen molar-refractivity contribution in [3.63, 3.8) is 0 Å². The van der Waals surface area contributed by atoms with E-state index in [9.17, 15) is 4.79 Å². The number of hydrogen-bond donors (Lipinski definition) is 1. The van der Waals surface area contributed by atoms with Crippen LogP contribution in [0.15, 0.2) is 0 Å². The zero-order valence-corrected chi connectivity index (χ0v) is 2.06. The van der Waals surface area contributed by atoms with Crippen LogP contribution in [0.4, 0.5) is 0 Å². The zero-order chi connectivity index (χ0) is 4.28. The van der Waals surface area contributed by atoms with Gasteiger partial charge in [-0.3, -0.25) is 4.79 Å². The van der Waals surface area contributed by atoms with E-state index in [1.165, 1.54) is 0 Å². The predicted octanol–water partition coefficient (Wildman–Crippen LogP) is 0.0909. The normalized spacial score (nSPS) is 9.50. The molecule has 0 aliphatic heterocycles. The van der Waals surface area contributed by atoms with Crippen molar-refractivity contribution in [3.8, 4) is 0 Å². The van der Waals surface area contributed by atoms with E-state index >= 15 is 0 Å². The maximum absolute atomic E-state index is 9.18. The van der Waals surface area contributed by atoms with Crippen LogP contribution in [0.3, 0.4) is 0 Å². The molecular formula is C2H4O2. The van der Waals surface area contributed by atoms with E-state index in [1.54, 1.807) is 0 Å². The van der Waals surface area contributed by atoms with Gasteiger partial charge in [0.15, 0.2) is 0 Å². The van der Waals surface area contributed by atoms with Gasteiger partial charge in [0.1, 0.15) is 0 Å². The molecule has 0 amide bonds. The molecule has 0 heterocycles. The van der Waals surface area contributed by atoms with E-state index in [-0.39, 0.29) is 0 Å².